The number of nitriles is 1. The number of rotatable bonds is 6. The van der Waals surface area contributed by atoms with Crippen molar-refractivity contribution in [2.45, 2.75) is 32.9 Å². The molecule has 0 spiro atoms. The zero-order valence-corrected chi connectivity index (χ0v) is 11.7. The molecule has 1 atom stereocenters. The fourth-order valence-corrected chi connectivity index (χ4v) is 1.80. The van der Waals surface area contributed by atoms with Gasteiger partial charge in [0, 0.05) is 20.2 Å². The lowest BCUT2D eigenvalue weighted by Gasteiger charge is -2.25. The molecule has 1 aromatic rings. The highest BCUT2D eigenvalue weighted by Gasteiger charge is 2.19. The fraction of sp³-hybridized carbons (Fsp3) is 0.467. The van der Waals surface area contributed by atoms with E-state index in [-0.39, 0.29) is 5.91 Å². The predicted octanol–water partition coefficient (Wildman–Crippen LogP) is 2.33. The molecule has 102 valence electrons. The van der Waals surface area contributed by atoms with Gasteiger partial charge in [-0.25, -0.2) is 0 Å². The third kappa shape index (κ3) is 4.38. The zero-order chi connectivity index (χ0) is 14.3. The quantitative estimate of drug-likeness (QED) is 0.788. The first-order valence-corrected chi connectivity index (χ1v) is 6.43. The van der Waals surface area contributed by atoms with Crippen LogP contribution in [0.15, 0.2) is 24.3 Å². The van der Waals surface area contributed by atoms with Crippen LogP contribution in [-0.4, -0.2) is 30.6 Å². The number of ether oxygens (including phenoxy) is 1. The highest BCUT2D eigenvalue weighted by Crippen LogP contribution is 2.10. The zero-order valence-electron chi connectivity index (χ0n) is 11.7. The number of hydrogen-bond donors (Lipinski definition) is 0. The lowest BCUT2D eigenvalue weighted by Crippen LogP contribution is -2.38. The molecule has 0 aliphatic rings. The number of nitrogens with zero attached hydrogens (tertiary/aromatic N) is 2. The molecule has 0 saturated heterocycles. The fourth-order valence-electron chi connectivity index (χ4n) is 1.80. The standard InChI is InChI=1S/C15H20N2O2/c1-4-9-17(15(18)12(2)19-3)11-14-7-5-13(10-16)6-8-14/h5-8,12H,4,9,11H2,1-3H3. The molecule has 0 radical (unpaired) electrons. The molecule has 0 heterocycles. The molecule has 0 aromatic heterocycles. The molecule has 0 fully saturated rings. The molecule has 4 heteroatoms. The van der Waals surface area contributed by atoms with Crippen LogP contribution in [0, 0.1) is 11.3 Å². The second-order valence-corrected chi connectivity index (χ2v) is 4.45. The molecule has 0 saturated carbocycles. The van der Waals surface area contributed by atoms with Gasteiger partial charge >= 0.3 is 0 Å². The van der Waals surface area contributed by atoms with Gasteiger partial charge < -0.3 is 9.64 Å². The van der Waals surface area contributed by atoms with Crippen molar-refractivity contribution in [2.24, 2.45) is 0 Å². The number of carbonyl (C=O) groups is 1. The van der Waals surface area contributed by atoms with Crippen molar-refractivity contribution in [3.05, 3.63) is 35.4 Å². The van der Waals surface area contributed by atoms with Gasteiger partial charge in [0.1, 0.15) is 6.10 Å². The number of methoxy groups -OCH3 is 1. The summed E-state index contributed by atoms with van der Waals surface area (Å²) in [6, 6.07) is 9.38. The third-order valence-electron chi connectivity index (χ3n) is 2.96. The van der Waals surface area contributed by atoms with Crippen LogP contribution in [0.1, 0.15) is 31.4 Å². The van der Waals surface area contributed by atoms with E-state index < -0.39 is 6.10 Å². The van der Waals surface area contributed by atoms with Crippen molar-refractivity contribution in [3.63, 3.8) is 0 Å². The lowest BCUT2D eigenvalue weighted by molar-refractivity contribution is -0.141. The van der Waals surface area contributed by atoms with E-state index in [1.54, 1.807) is 24.0 Å². The highest BCUT2D eigenvalue weighted by atomic mass is 16.5. The van der Waals surface area contributed by atoms with Crippen molar-refractivity contribution in [1.29, 1.82) is 5.26 Å². The Morgan fingerprint density at radius 1 is 1.42 bits per heavy atom. The van der Waals surface area contributed by atoms with Crippen LogP contribution >= 0.6 is 0 Å². The Balaban J connectivity index is 2.77. The van der Waals surface area contributed by atoms with Crippen LogP contribution in [-0.2, 0) is 16.1 Å². The van der Waals surface area contributed by atoms with Gasteiger partial charge in [-0.2, -0.15) is 5.26 Å². The first-order chi connectivity index (χ1) is 9.12. The van der Waals surface area contributed by atoms with E-state index in [4.69, 9.17) is 10.00 Å². The molecular formula is C15H20N2O2. The Morgan fingerprint density at radius 2 is 2.05 bits per heavy atom. The minimum atomic E-state index is -0.426. The van der Waals surface area contributed by atoms with E-state index in [0.717, 1.165) is 12.0 Å². The Kier molecular flexibility index (Phi) is 6.04. The molecule has 0 N–H and O–H groups in total. The van der Waals surface area contributed by atoms with Gasteiger partial charge in [0.25, 0.3) is 5.91 Å². The Morgan fingerprint density at radius 3 is 2.53 bits per heavy atom. The topological polar surface area (TPSA) is 53.3 Å². The van der Waals surface area contributed by atoms with Gasteiger partial charge in [0.05, 0.1) is 11.6 Å². The van der Waals surface area contributed by atoms with Crippen LogP contribution in [0.3, 0.4) is 0 Å². The van der Waals surface area contributed by atoms with E-state index in [1.165, 1.54) is 7.11 Å². The highest BCUT2D eigenvalue weighted by molar-refractivity contribution is 5.80. The van der Waals surface area contributed by atoms with E-state index in [2.05, 4.69) is 6.07 Å². The minimum absolute atomic E-state index is 0.00582. The third-order valence-corrected chi connectivity index (χ3v) is 2.96. The summed E-state index contributed by atoms with van der Waals surface area (Å²) in [5.41, 5.74) is 1.64. The first-order valence-electron chi connectivity index (χ1n) is 6.43. The van der Waals surface area contributed by atoms with Crippen molar-refractivity contribution in [3.8, 4) is 6.07 Å². The predicted molar refractivity (Wildman–Crippen MR) is 73.3 cm³/mol. The smallest absolute Gasteiger partial charge is 0.251 e. The maximum atomic E-state index is 12.1. The summed E-state index contributed by atoms with van der Waals surface area (Å²) < 4.78 is 5.08. The van der Waals surface area contributed by atoms with Gasteiger partial charge in [0.2, 0.25) is 0 Å². The van der Waals surface area contributed by atoms with Crippen molar-refractivity contribution in [2.75, 3.05) is 13.7 Å². The monoisotopic (exact) mass is 260 g/mol. The summed E-state index contributed by atoms with van der Waals surface area (Å²) >= 11 is 0. The van der Waals surface area contributed by atoms with Gasteiger partial charge in [-0.15, -0.1) is 0 Å². The molecule has 4 nitrogen and oxygen atoms in total. The summed E-state index contributed by atoms with van der Waals surface area (Å²) in [6.45, 7) is 5.04. The summed E-state index contributed by atoms with van der Waals surface area (Å²) in [5.74, 6) is -0.00582. The number of hydrogen-bond acceptors (Lipinski definition) is 3. The maximum absolute atomic E-state index is 12.1. The van der Waals surface area contributed by atoms with E-state index in [1.807, 2.05) is 19.1 Å². The van der Waals surface area contributed by atoms with E-state index in [0.29, 0.717) is 18.7 Å². The summed E-state index contributed by atoms with van der Waals surface area (Å²) in [6.07, 6.45) is 0.475. The van der Waals surface area contributed by atoms with Crippen LogP contribution in [0.25, 0.3) is 0 Å². The average Bonchev–Trinajstić information content (AvgIpc) is 2.46. The van der Waals surface area contributed by atoms with E-state index in [9.17, 15) is 4.79 Å². The van der Waals surface area contributed by atoms with Gasteiger partial charge in [0.15, 0.2) is 0 Å². The Bertz CT molecular complexity index is 448. The number of amides is 1. The van der Waals surface area contributed by atoms with Crippen LogP contribution in [0.2, 0.25) is 0 Å². The second kappa shape index (κ2) is 7.55. The molecule has 0 aliphatic carbocycles. The Hall–Kier alpha value is -1.86. The molecule has 1 aromatic carbocycles. The number of carbonyl (C=O) groups excluding carboxylic acids is 1. The van der Waals surface area contributed by atoms with Gasteiger partial charge in [-0.1, -0.05) is 19.1 Å². The van der Waals surface area contributed by atoms with Gasteiger partial charge in [-0.05, 0) is 31.0 Å². The molecule has 0 aliphatic heterocycles. The first kappa shape index (κ1) is 15.2. The van der Waals surface area contributed by atoms with Crippen LogP contribution in [0.4, 0.5) is 0 Å². The summed E-state index contributed by atoms with van der Waals surface area (Å²) in [5, 5.41) is 8.76. The van der Waals surface area contributed by atoms with Crippen LogP contribution < -0.4 is 0 Å². The van der Waals surface area contributed by atoms with E-state index >= 15 is 0 Å². The Labute approximate surface area is 114 Å². The minimum Gasteiger partial charge on any atom is -0.372 e. The van der Waals surface area contributed by atoms with Gasteiger partial charge in [-0.3, -0.25) is 4.79 Å². The molecule has 1 rings (SSSR count). The normalized spacial score (nSPS) is 11.7. The molecule has 1 unspecified atom stereocenters. The van der Waals surface area contributed by atoms with Crippen LogP contribution in [0.5, 0.6) is 0 Å². The average molecular weight is 260 g/mol. The van der Waals surface area contributed by atoms with Crippen molar-refractivity contribution < 1.29 is 9.53 Å². The largest absolute Gasteiger partial charge is 0.372 e. The second-order valence-electron chi connectivity index (χ2n) is 4.45. The maximum Gasteiger partial charge on any atom is 0.251 e. The molecule has 1 amide bonds. The molecule has 19 heavy (non-hydrogen) atoms. The summed E-state index contributed by atoms with van der Waals surface area (Å²) in [7, 11) is 1.54. The molecular weight excluding hydrogens is 240 g/mol. The number of benzene rings is 1. The SMILES string of the molecule is CCCN(Cc1ccc(C#N)cc1)C(=O)C(C)OC. The molecule has 0 bridgehead atoms. The van der Waals surface area contributed by atoms with Crippen molar-refractivity contribution in [1.82, 2.24) is 4.90 Å². The lowest BCUT2D eigenvalue weighted by atomic mass is 10.1. The van der Waals surface area contributed by atoms with Crippen molar-refractivity contribution >= 4 is 5.91 Å². The summed E-state index contributed by atoms with van der Waals surface area (Å²) in [4.78, 5) is 13.9.